The molecule has 21 heavy (non-hydrogen) atoms. The number of nitrogens with one attached hydrogen (secondary N) is 1. The van der Waals surface area contributed by atoms with Crippen molar-refractivity contribution < 1.29 is 4.79 Å². The third kappa shape index (κ3) is 2.68. The molecule has 0 aliphatic rings. The minimum absolute atomic E-state index is 0.00726. The van der Waals surface area contributed by atoms with E-state index >= 15 is 0 Å². The number of benzene rings is 1. The molecule has 0 atom stereocenters. The molecule has 3 aromatic rings. The number of amides is 1. The fraction of sp³-hybridized carbons (Fsp3) is 0.0769. The maximum atomic E-state index is 12.2. The standard InChI is InChI=1S/C13H9Cl2N5O/c1-7-4-5-16-13-18-11(19-20(7)13)12(21)17-10-6-8(14)2-3-9(10)15/h2-6H,1H3,(H,17,21). The van der Waals surface area contributed by atoms with Crippen molar-refractivity contribution in [2.75, 3.05) is 5.32 Å². The lowest BCUT2D eigenvalue weighted by atomic mass is 10.3. The van der Waals surface area contributed by atoms with Gasteiger partial charge in [0.25, 0.3) is 11.7 Å². The van der Waals surface area contributed by atoms with Crippen LogP contribution in [0, 0.1) is 6.92 Å². The quantitative estimate of drug-likeness (QED) is 0.787. The Kier molecular flexibility index (Phi) is 3.48. The zero-order chi connectivity index (χ0) is 15.0. The van der Waals surface area contributed by atoms with Crippen molar-refractivity contribution in [1.82, 2.24) is 19.6 Å². The highest BCUT2D eigenvalue weighted by atomic mass is 35.5. The lowest BCUT2D eigenvalue weighted by Crippen LogP contribution is -2.14. The zero-order valence-corrected chi connectivity index (χ0v) is 12.4. The first-order valence-electron chi connectivity index (χ1n) is 5.99. The molecular weight excluding hydrogens is 313 g/mol. The van der Waals surface area contributed by atoms with Gasteiger partial charge < -0.3 is 5.32 Å². The number of hydrogen-bond acceptors (Lipinski definition) is 4. The number of halogens is 2. The Morgan fingerprint density at radius 2 is 2.10 bits per heavy atom. The van der Waals surface area contributed by atoms with E-state index in [2.05, 4.69) is 20.4 Å². The largest absolute Gasteiger partial charge is 0.318 e. The van der Waals surface area contributed by atoms with E-state index in [1.807, 2.05) is 6.92 Å². The Morgan fingerprint density at radius 1 is 1.29 bits per heavy atom. The molecule has 8 heteroatoms. The Balaban J connectivity index is 1.93. The van der Waals surface area contributed by atoms with E-state index in [-0.39, 0.29) is 5.82 Å². The second-order valence-electron chi connectivity index (χ2n) is 4.31. The highest BCUT2D eigenvalue weighted by Crippen LogP contribution is 2.25. The molecule has 0 saturated heterocycles. The van der Waals surface area contributed by atoms with Gasteiger partial charge >= 0.3 is 0 Å². The summed E-state index contributed by atoms with van der Waals surface area (Å²) in [5.41, 5.74) is 1.23. The SMILES string of the molecule is Cc1ccnc2nc(C(=O)Nc3cc(Cl)ccc3Cl)nn12. The molecular formula is C13H9Cl2N5O. The lowest BCUT2D eigenvalue weighted by Gasteiger charge is -2.05. The van der Waals surface area contributed by atoms with E-state index < -0.39 is 5.91 Å². The van der Waals surface area contributed by atoms with Crippen LogP contribution in [-0.4, -0.2) is 25.5 Å². The van der Waals surface area contributed by atoms with Crippen LogP contribution in [0.3, 0.4) is 0 Å². The van der Waals surface area contributed by atoms with E-state index in [1.165, 1.54) is 4.52 Å². The summed E-state index contributed by atoms with van der Waals surface area (Å²) in [6, 6.07) is 6.57. The minimum atomic E-state index is -0.482. The normalized spacial score (nSPS) is 10.8. The van der Waals surface area contributed by atoms with Gasteiger partial charge in [0, 0.05) is 16.9 Å². The number of fused-ring (bicyclic) bond motifs is 1. The Labute approximate surface area is 129 Å². The predicted molar refractivity (Wildman–Crippen MR) is 79.9 cm³/mol. The third-order valence-electron chi connectivity index (χ3n) is 2.81. The Hall–Kier alpha value is -2.18. The van der Waals surface area contributed by atoms with E-state index in [9.17, 15) is 4.79 Å². The van der Waals surface area contributed by atoms with Crippen LogP contribution in [0.5, 0.6) is 0 Å². The highest BCUT2D eigenvalue weighted by molar-refractivity contribution is 6.35. The first-order valence-corrected chi connectivity index (χ1v) is 6.75. The Morgan fingerprint density at radius 3 is 2.86 bits per heavy atom. The molecule has 0 unspecified atom stereocenters. The molecule has 0 bridgehead atoms. The molecule has 1 N–H and O–H groups in total. The first kappa shape index (κ1) is 13.8. The number of rotatable bonds is 2. The molecule has 0 radical (unpaired) electrons. The van der Waals surface area contributed by atoms with Crippen LogP contribution < -0.4 is 5.32 Å². The number of anilines is 1. The van der Waals surface area contributed by atoms with Gasteiger partial charge in [-0.2, -0.15) is 4.98 Å². The predicted octanol–water partition coefficient (Wildman–Crippen LogP) is 2.99. The fourth-order valence-corrected chi connectivity index (χ4v) is 2.11. The van der Waals surface area contributed by atoms with Crippen LogP contribution in [-0.2, 0) is 0 Å². The van der Waals surface area contributed by atoms with Gasteiger partial charge in [-0.25, -0.2) is 9.50 Å². The van der Waals surface area contributed by atoms with Crippen molar-refractivity contribution in [3.05, 3.63) is 52.0 Å². The molecule has 2 heterocycles. The summed E-state index contributed by atoms with van der Waals surface area (Å²) >= 11 is 11.9. The number of carbonyl (C=O) groups excluding carboxylic acids is 1. The first-order chi connectivity index (χ1) is 10.0. The van der Waals surface area contributed by atoms with E-state index in [1.54, 1.807) is 30.5 Å². The number of hydrogen-bond donors (Lipinski definition) is 1. The van der Waals surface area contributed by atoms with E-state index in [0.717, 1.165) is 5.69 Å². The van der Waals surface area contributed by atoms with E-state index in [4.69, 9.17) is 23.2 Å². The van der Waals surface area contributed by atoms with Gasteiger partial charge in [0.15, 0.2) is 0 Å². The molecule has 0 fully saturated rings. The molecule has 0 aliphatic heterocycles. The van der Waals surface area contributed by atoms with Crippen LogP contribution in [0.25, 0.3) is 5.78 Å². The maximum absolute atomic E-state index is 12.2. The van der Waals surface area contributed by atoms with Crippen molar-refractivity contribution in [1.29, 1.82) is 0 Å². The van der Waals surface area contributed by atoms with Crippen LogP contribution in [0.15, 0.2) is 30.5 Å². The summed E-state index contributed by atoms with van der Waals surface area (Å²) in [6.07, 6.45) is 1.61. The molecule has 106 valence electrons. The van der Waals surface area contributed by atoms with Gasteiger partial charge in [-0.3, -0.25) is 4.79 Å². The van der Waals surface area contributed by atoms with Gasteiger partial charge in [0.2, 0.25) is 5.82 Å². The van der Waals surface area contributed by atoms with Crippen molar-refractivity contribution in [2.45, 2.75) is 6.92 Å². The third-order valence-corrected chi connectivity index (χ3v) is 3.37. The average molecular weight is 322 g/mol. The summed E-state index contributed by atoms with van der Waals surface area (Å²) in [6.45, 7) is 1.85. The molecule has 2 aromatic heterocycles. The van der Waals surface area contributed by atoms with Crippen molar-refractivity contribution in [2.24, 2.45) is 0 Å². The van der Waals surface area contributed by atoms with Crippen molar-refractivity contribution in [3.8, 4) is 0 Å². The summed E-state index contributed by atoms with van der Waals surface area (Å²) < 4.78 is 1.49. The fourth-order valence-electron chi connectivity index (χ4n) is 1.77. The number of aromatic nitrogens is 4. The van der Waals surface area contributed by atoms with E-state index in [0.29, 0.717) is 21.5 Å². The summed E-state index contributed by atoms with van der Waals surface area (Å²) in [5, 5.41) is 7.59. The van der Waals surface area contributed by atoms with Gasteiger partial charge in [0.05, 0.1) is 10.7 Å². The molecule has 0 aliphatic carbocycles. The van der Waals surface area contributed by atoms with Crippen LogP contribution in [0.2, 0.25) is 10.0 Å². The van der Waals surface area contributed by atoms with Gasteiger partial charge in [-0.1, -0.05) is 23.2 Å². The van der Waals surface area contributed by atoms with Crippen LogP contribution >= 0.6 is 23.2 Å². The number of aryl methyl sites for hydroxylation is 1. The molecule has 0 spiro atoms. The highest BCUT2D eigenvalue weighted by Gasteiger charge is 2.15. The average Bonchev–Trinajstić information content (AvgIpc) is 2.88. The van der Waals surface area contributed by atoms with Gasteiger partial charge in [0.1, 0.15) is 0 Å². The van der Waals surface area contributed by atoms with Crippen LogP contribution in [0.4, 0.5) is 5.69 Å². The topological polar surface area (TPSA) is 72.2 Å². The summed E-state index contributed by atoms with van der Waals surface area (Å²) in [5.74, 6) is -0.116. The Bertz CT molecular complexity index is 846. The van der Waals surface area contributed by atoms with Crippen molar-refractivity contribution >= 4 is 40.6 Å². The summed E-state index contributed by atoms with van der Waals surface area (Å²) in [7, 11) is 0. The lowest BCUT2D eigenvalue weighted by molar-refractivity contribution is 0.101. The smallest absolute Gasteiger partial charge is 0.295 e. The number of carbonyl (C=O) groups is 1. The maximum Gasteiger partial charge on any atom is 0.295 e. The molecule has 3 rings (SSSR count). The summed E-state index contributed by atoms with van der Waals surface area (Å²) in [4.78, 5) is 20.3. The van der Waals surface area contributed by atoms with Crippen LogP contribution in [0.1, 0.15) is 16.3 Å². The minimum Gasteiger partial charge on any atom is -0.318 e. The number of nitrogens with zero attached hydrogens (tertiary/aromatic N) is 4. The molecule has 1 aromatic carbocycles. The van der Waals surface area contributed by atoms with Gasteiger partial charge in [-0.15, -0.1) is 5.10 Å². The second kappa shape index (κ2) is 5.31. The zero-order valence-electron chi connectivity index (χ0n) is 10.8. The van der Waals surface area contributed by atoms with Crippen molar-refractivity contribution in [3.63, 3.8) is 0 Å². The van der Waals surface area contributed by atoms with Gasteiger partial charge in [-0.05, 0) is 31.2 Å². The molecule has 0 saturated carbocycles. The molecule has 1 amide bonds. The monoisotopic (exact) mass is 321 g/mol. The second-order valence-corrected chi connectivity index (χ2v) is 5.16. The molecule has 6 nitrogen and oxygen atoms in total.